The van der Waals surface area contributed by atoms with Crippen LogP contribution in [0, 0.1) is 12.8 Å². The molecular formula is C20H29N3O4S. The number of sulfonamides is 1. The van der Waals surface area contributed by atoms with Gasteiger partial charge in [-0.2, -0.15) is 0 Å². The van der Waals surface area contributed by atoms with E-state index in [-0.39, 0.29) is 17.6 Å². The molecule has 1 aliphatic rings. The first-order valence-electron chi connectivity index (χ1n) is 9.91. The number of hydrogen-bond donors (Lipinski definition) is 0. The molecule has 0 saturated carbocycles. The average Bonchev–Trinajstić information content (AvgIpc) is 2.99. The van der Waals surface area contributed by atoms with Crippen LogP contribution in [0.15, 0.2) is 18.6 Å². The van der Waals surface area contributed by atoms with Gasteiger partial charge >= 0.3 is 5.97 Å². The van der Waals surface area contributed by atoms with Crippen LogP contribution in [0.5, 0.6) is 0 Å². The molecule has 8 heteroatoms. The van der Waals surface area contributed by atoms with E-state index in [1.54, 1.807) is 36.7 Å². The van der Waals surface area contributed by atoms with Crippen LogP contribution in [-0.2, 0) is 14.8 Å². The molecular weight excluding hydrogens is 378 g/mol. The van der Waals surface area contributed by atoms with E-state index < -0.39 is 10.0 Å². The molecule has 0 spiro atoms. The highest BCUT2D eigenvalue weighted by atomic mass is 32.2. The number of aromatic nitrogens is 2. The quantitative estimate of drug-likeness (QED) is 0.688. The lowest BCUT2D eigenvalue weighted by molar-refractivity contribution is 0.0517. The lowest BCUT2D eigenvalue weighted by Crippen LogP contribution is -2.40. The van der Waals surface area contributed by atoms with Crippen LogP contribution in [-0.4, -0.2) is 53.5 Å². The van der Waals surface area contributed by atoms with Gasteiger partial charge in [-0.25, -0.2) is 17.5 Å². The van der Waals surface area contributed by atoms with Gasteiger partial charge < -0.3 is 9.14 Å². The Labute approximate surface area is 166 Å². The van der Waals surface area contributed by atoms with Crippen molar-refractivity contribution in [2.75, 3.05) is 25.4 Å². The molecule has 1 fully saturated rings. The van der Waals surface area contributed by atoms with Gasteiger partial charge in [0.25, 0.3) is 0 Å². The molecule has 1 atom stereocenters. The molecule has 0 N–H and O–H groups in total. The van der Waals surface area contributed by atoms with Crippen LogP contribution >= 0.6 is 0 Å². The monoisotopic (exact) mass is 407 g/mol. The molecule has 28 heavy (non-hydrogen) atoms. The van der Waals surface area contributed by atoms with E-state index in [2.05, 4.69) is 11.9 Å². The molecule has 0 radical (unpaired) electrons. The molecule has 2 aromatic rings. The Morgan fingerprint density at radius 2 is 2.00 bits per heavy atom. The Balaban J connectivity index is 1.92. The SMILES string of the molecule is CCOC(=O)c1c(C)c(C(C)C2CCN(S(=O)(=O)CC)CC2)c2cnccn12. The van der Waals surface area contributed by atoms with Crippen molar-refractivity contribution in [3.8, 4) is 0 Å². The smallest absolute Gasteiger partial charge is 0.355 e. The molecule has 2 aromatic heterocycles. The van der Waals surface area contributed by atoms with Gasteiger partial charge in [-0.1, -0.05) is 6.92 Å². The molecule has 0 aromatic carbocycles. The molecule has 7 nitrogen and oxygen atoms in total. The fourth-order valence-electron chi connectivity index (χ4n) is 4.35. The summed E-state index contributed by atoms with van der Waals surface area (Å²) in [6.45, 7) is 9.04. The van der Waals surface area contributed by atoms with Gasteiger partial charge in [-0.3, -0.25) is 4.98 Å². The van der Waals surface area contributed by atoms with Gasteiger partial charge in [-0.15, -0.1) is 0 Å². The van der Waals surface area contributed by atoms with Gasteiger partial charge in [0, 0.05) is 25.5 Å². The van der Waals surface area contributed by atoms with Crippen molar-refractivity contribution in [1.29, 1.82) is 0 Å². The highest BCUT2D eigenvalue weighted by Gasteiger charge is 2.33. The third-order valence-electron chi connectivity index (χ3n) is 5.92. The topological polar surface area (TPSA) is 81.0 Å². The highest BCUT2D eigenvalue weighted by molar-refractivity contribution is 7.89. The zero-order valence-corrected chi connectivity index (χ0v) is 17.8. The number of hydrogen-bond acceptors (Lipinski definition) is 5. The maximum atomic E-state index is 12.5. The lowest BCUT2D eigenvalue weighted by Gasteiger charge is -2.34. The van der Waals surface area contributed by atoms with E-state index in [0.29, 0.717) is 31.3 Å². The van der Waals surface area contributed by atoms with Crippen LogP contribution in [0.1, 0.15) is 61.1 Å². The van der Waals surface area contributed by atoms with Crippen molar-refractivity contribution in [2.45, 2.75) is 46.5 Å². The highest BCUT2D eigenvalue weighted by Crippen LogP contribution is 2.38. The minimum absolute atomic E-state index is 0.144. The molecule has 0 amide bonds. The van der Waals surface area contributed by atoms with Gasteiger partial charge in [0.15, 0.2) is 0 Å². The number of fused-ring (bicyclic) bond motifs is 1. The predicted octanol–water partition coefficient (Wildman–Crippen LogP) is 2.98. The number of rotatable bonds is 6. The van der Waals surface area contributed by atoms with Crippen LogP contribution < -0.4 is 0 Å². The fraction of sp³-hybridized carbons (Fsp3) is 0.600. The van der Waals surface area contributed by atoms with E-state index >= 15 is 0 Å². The Morgan fingerprint density at radius 3 is 2.61 bits per heavy atom. The second-order valence-corrected chi connectivity index (χ2v) is 9.62. The summed E-state index contributed by atoms with van der Waals surface area (Å²) in [7, 11) is -3.13. The predicted molar refractivity (Wildman–Crippen MR) is 108 cm³/mol. The number of carbonyl (C=O) groups excluding carboxylic acids is 1. The number of esters is 1. The summed E-state index contributed by atoms with van der Waals surface area (Å²) in [6, 6.07) is 0. The summed E-state index contributed by atoms with van der Waals surface area (Å²) >= 11 is 0. The molecule has 1 aliphatic heterocycles. The largest absolute Gasteiger partial charge is 0.461 e. The molecule has 1 unspecified atom stereocenters. The van der Waals surface area contributed by atoms with Crippen LogP contribution in [0.25, 0.3) is 5.52 Å². The zero-order valence-electron chi connectivity index (χ0n) is 17.0. The Kier molecular flexibility index (Phi) is 6.09. The number of carbonyl (C=O) groups is 1. The van der Waals surface area contributed by atoms with Crippen molar-refractivity contribution in [3.63, 3.8) is 0 Å². The first-order valence-corrected chi connectivity index (χ1v) is 11.5. The minimum Gasteiger partial charge on any atom is -0.461 e. The van der Waals surface area contributed by atoms with E-state index in [4.69, 9.17) is 4.74 Å². The van der Waals surface area contributed by atoms with Crippen molar-refractivity contribution in [2.24, 2.45) is 5.92 Å². The van der Waals surface area contributed by atoms with Gasteiger partial charge in [0.2, 0.25) is 10.0 Å². The van der Waals surface area contributed by atoms with Gasteiger partial charge in [0.05, 0.1) is 24.1 Å². The maximum absolute atomic E-state index is 12.5. The maximum Gasteiger partial charge on any atom is 0.355 e. The summed E-state index contributed by atoms with van der Waals surface area (Å²) < 4.78 is 33.0. The number of nitrogens with zero attached hydrogens (tertiary/aromatic N) is 3. The van der Waals surface area contributed by atoms with Crippen LogP contribution in [0.3, 0.4) is 0 Å². The first-order chi connectivity index (χ1) is 13.3. The molecule has 1 saturated heterocycles. The number of ether oxygens (including phenoxy) is 1. The fourth-order valence-corrected chi connectivity index (χ4v) is 5.49. The average molecular weight is 408 g/mol. The Hall–Kier alpha value is -1.93. The summed E-state index contributed by atoms with van der Waals surface area (Å²) in [5.41, 5.74) is 3.49. The Morgan fingerprint density at radius 1 is 1.32 bits per heavy atom. The van der Waals surface area contributed by atoms with Crippen molar-refractivity contribution >= 4 is 21.5 Å². The van der Waals surface area contributed by atoms with Gasteiger partial charge in [-0.05, 0) is 56.6 Å². The van der Waals surface area contributed by atoms with Gasteiger partial charge in [0.1, 0.15) is 5.69 Å². The first kappa shape index (κ1) is 20.8. The second kappa shape index (κ2) is 8.21. The van der Waals surface area contributed by atoms with Crippen LogP contribution in [0.2, 0.25) is 0 Å². The number of piperidine rings is 1. The van der Waals surface area contributed by atoms with Crippen molar-refractivity contribution < 1.29 is 17.9 Å². The summed E-state index contributed by atoms with van der Waals surface area (Å²) in [6.07, 6.45) is 6.87. The molecule has 3 rings (SSSR count). The molecule has 0 aliphatic carbocycles. The van der Waals surface area contributed by atoms with Crippen molar-refractivity contribution in [3.05, 3.63) is 35.4 Å². The standard InChI is InChI=1S/C20H29N3O4S/c1-5-27-20(24)19-15(4)18(17-13-21-9-12-23(17)19)14(3)16-7-10-22(11-8-16)28(25,26)6-2/h9,12-14,16H,5-8,10-11H2,1-4H3. The van der Waals surface area contributed by atoms with E-state index in [9.17, 15) is 13.2 Å². The summed E-state index contributed by atoms with van der Waals surface area (Å²) in [5.74, 6) is 0.353. The van der Waals surface area contributed by atoms with Crippen molar-refractivity contribution in [1.82, 2.24) is 13.7 Å². The van der Waals surface area contributed by atoms with E-state index in [0.717, 1.165) is 29.5 Å². The summed E-state index contributed by atoms with van der Waals surface area (Å²) in [4.78, 5) is 16.8. The van der Waals surface area contributed by atoms with Crippen LogP contribution in [0.4, 0.5) is 0 Å². The van der Waals surface area contributed by atoms with E-state index in [1.807, 2.05) is 11.3 Å². The van der Waals surface area contributed by atoms with E-state index in [1.165, 1.54) is 0 Å². The molecule has 154 valence electrons. The molecule has 0 bridgehead atoms. The normalized spacial score (nSPS) is 17.7. The second-order valence-electron chi connectivity index (χ2n) is 7.37. The third kappa shape index (κ3) is 3.67. The summed E-state index contributed by atoms with van der Waals surface area (Å²) in [5, 5.41) is 0. The third-order valence-corrected chi connectivity index (χ3v) is 7.80. The molecule has 3 heterocycles. The Bertz CT molecular complexity index is 959. The minimum atomic E-state index is -3.13. The zero-order chi connectivity index (χ0) is 20.5. The lowest BCUT2D eigenvalue weighted by atomic mass is 9.80.